The summed E-state index contributed by atoms with van der Waals surface area (Å²) in [5, 5.41) is 2.16. The summed E-state index contributed by atoms with van der Waals surface area (Å²) in [6.07, 6.45) is 0.479. The van der Waals surface area contributed by atoms with E-state index in [1.165, 1.54) is 11.3 Å². The average Bonchev–Trinajstić information content (AvgIpc) is 3.07. The van der Waals surface area contributed by atoms with Crippen LogP contribution in [-0.2, 0) is 4.79 Å². The summed E-state index contributed by atoms with van der Waals surface area (Å²) < 4.78 is 0. The third-order valence-corrected chi connectivity index (χ3v) is 5.30. The molecule has 0 N–H and O–H groups in total. The SMILES string of the molecule is CCN(C(=O)CCC(=O)c1ccc(C)s1)c1cccc2ccccc12. The van der Waals surface area contributed by atoms with Crippen LogP contribution in [0.25, 0.3) is 10.8 Å². The van der Waals surface area contributed by atoms with E-state index in [0.29, 0.717) is 6.54 Å². The second-order valence-electron chi connectivity index (χ2n) is 5.97. The fourth-order valence-electron chi connectivity index (χ4n) is 2.99. The van der Waals surface area contributed by atoms with E-state index in [4.69, 9.17) is 0 Å². The van der Waals surface area contributed by atoms with Gasteiger partial charge in [0.25, 0.3) is 0 Å². The smallest absolute Gasteiger partial charge is 0.227 e. The van der Waals surface area contributed by atoms with Crippen LogP contribution in [0, 0.1) is 6.92 Å². The van der Waals surface area contributed by atoms with Crippen LogP contribution in [0.15, 0.2) is 54.6 Å². The number of hydrogen-bond acceptors (Lipinski definition) is 3. The number of aryl methyl sites for hydroxylation is 1. The molecule has 3 aromatic rings. The van der Waals surface area contributed by atoms with Gasteiger partial charge in [-0.1, -0.05) is 36.4 Å². The van der Waals surface area contributed by atoms with Crippen molar-refractivity contribution in [1.82, 2.24) is 0 Å². The molecule has 0 saturated carbocycles. The maximum Gasteiger partial charge on any atom is 0.227 e. The van der Waals surface area contributed by atoms with Gasteiger partial charge in [-0.25, -0.2) is 0 Å². The number of anilines is 1. The van der Waals surface area contributed by atoms with Crippen molar-refractivity contribution in [3.8, 4) is 0 Å². The highest BCUT2D eigenvalue weighted by Crippen LogP contribution is 2.27. The highest BCUT2D eigenvalue weighted by atomic mass is 32.1. The Bertz CT molecular complexity index is 908. The van der Waals surface area contributed by atoms with Crippen molar-refractivity contribution < 1.29 is 9.59 Å². The Morgan fingerprint density at radius 1 is 0.960 bits per heavy atom. The second kappa shape index (κ2) is 7.62. The van der Waals surface area contributed by atoms with Gasteiger partial charge in [-0.15, -0.1) is 11.3 Å². The lowest BCUT2D eigenvalue weighted by Gasteiger charge is -2.22. The first-order chi connectivity index (χ1) is 12.1. The Morgan fingerprint density at radius 2 is 1.72 bits per heavy atom. The summed E-state index contributed by atoms with van der Waals surface area (Å²) in [6, 6.07) is 17.8. The van der Waals surface area contributed by atoms with Crippen molar-refractivity contribution in [2.45, 2.75) is 26.7 Å². The lowest BCUT2D eigenvalue weighted by molar-refractivity contribution is -0.118. The van der Waals surface area contributed by atoms with Gasteiger partial charge in [0.05, 0.1) is 10.6 Å². The third-order valence-electron chi connectivity index (χ3n) is 4.26. The molecule has 2 aromatic carbocycles. The van der Waals surface area contributed by atoms with E-state index in [1.54, 1.807) is 4.90 Å². The fourth-order valence-corrected chi connectivity index (χ4v) is 3.82. The standard InChI is InChI=1S/C21H21NO2S/c1-3-22(18-10-6-8-16-7-4-5-9-17(16)18)21(24)14-12-19(23)20-13-11-15(2)25-20/h4-11,13H,3,12,14H2,1-2H3. The average molecular weight is 351 g/mol. The van der Waals surface area contributed by atoms with Crippen molar-refractivity contribution in [2.75, 3.05) is 11.4 Å². The first-order valence-corrected chi connectivity index (χ1v) is 9.29. The number of benzene rings is 2. The molecule has 3 nitrogen and oxygen atoms in total. The molecule has 128 valence electrons. The Hall–Kier alpha value is -2.46. The molecule has 0 atom stereocenters. The minimum atomic E-state index is -0.0134. The van der Waals surface area contributed by atoms with Crippen LogP contribution < -0.4 is 4.90 Å². The number of fused-ring (bicyclic) bond motifs is 1. The number of rotatable bonds is 6. The predicted molar refractivity (Wildman–Crippen MR) is 105 cm³/mol. The van der Waals surface area contributed by atoms with Gasteiger partial charge in [-0.2, -0.15) is 0 Å². The van der Waals surface area contributed by atoms with E-state index < -0.39 is 0 Å². The van der Waals surface area contributed by atoms with Crippen molar-refractivity contribution in [2.24, 2.45) is 0 Å². The number of hydrogen-bond donors (Lipinski definition) is 0. The van der Waals surface area contributed by atoms with Crippen LogP contribution in [0.1, 0.15) is 34.3 Å². The molecule has 0 radical (unpaired) electrons. The van der Waals surface area contributed by atoms with Gasteiger partial charge >= 0.3 is 0 Å². The molecule has 0 aliphatic rings. The molecule has 1 heterocycles. The van der Waals surface area contributed by atoms with Gasteiger partial charge in [-0.05, 0) is 37.4 Å². The normalized spacial score (nSPS) is 10.8. The van der Waals surface area contributed by atoms with Gasteiger partial charge in [0, 0.05) is 29.6 Å². The van der Waals surface area contributed by atoms with E-state index >= 15 is 0 Å². The zero-order valence-electron chi connectivity index (χ0n) is 14.5. The topological polar surface area (TPSA) is 37.4 Å². The summed E-state index contributed by atoms with van der Waals surface area (Å²) >= 11 is 1.49. The van der Waals surface area contributed by atoms with E-state index in [0.717, 1.165) is 26.2 Å². The van der Waals surface area contributed by atoms with Crippen LogP contribution in [0.3, 0.4) is 0 Å². The number of nitrogens with zero attached hydrogens (tertiary/aromatic N) is 1. The van der Waals surface area contributed by atoms with Gasteiger partial charge < -0.3 is 4.90 Å². The molecule has 1 aromatic heterocycles. The Morgan fingerprint density at radius 3 is 2.44 bits per heavy atom. The molecule has 25 heavy (non-hydrogen) atoms. The molecular weight excluding hydrogens is 330 g/mol. The number of ketones is 1. The molecule has 0 fully saturated rings. The van der Waals surface area contributed by atoms with Gasteiger partial charge in [0.2, 0.25) is 5.91 Å². The molecule has 3 rings (SSSR count). The van der Waals surface area contributed by atoms with Crippen LogP contribution in [-0.4, -0.2) is 18.2 Å². The molecule has 0 saturated heterocycles. The highest BCUT2D eigenvalue weighted by Gasteiger charge is 2.18. The number of carbonyl (C=O) groups excluding carboxylic acids is 2. The molecule has 1 amide bonds. The summed E-state index contributed by atoms with van der Waals surface area (Å²) in [7, 11) is 0. The predicted octanol–water partition coefficient (Wildman–Crippen LogP) is 5.23. The van der Waals surface area contributed by atoms with Crippen LogP contribution in [0.4, 0.5) is 5.69 Å². The minimum Gasteiger partial charge on any atom is -0.312 e. The quantitative estimate of drug-likeness (QED) is 0.571. The van der Waals surface area contributed by atoms with Gasteiger partial charge in [-0.3, -0.25) is 9.59 Å². The van der Waals surface area contributed by atoms with E-state index in [-0.39, 0.29) is 24.5 Å². The minimum absolute atomic E-state index is 0.0134. The molecule has 4 heteroatoms. The number of amides is 1. The van der Waals surface area contributed by atoms with Crippen molar-refractivity contribution in [1.29, 1.82) is 0 Å². The molecule has 0 aliphatic carbocycles. The lowest BCUT2D eigenvalue weighted by atomic mass is 10.1. The van der Waals surface area contributed by atoms with Gasteiger partial charge in [0.1, 0.15) is 0 Å². The molecule has 0 aliphatic heterocycles. The van der Waals surface area contributed by atoms with Gasteiger partial charge in [0.15, 0.2) is 5.78 Å². The van der Waals surface area contributed by atoms with Crippen LogP contribution >= 0.6 is 11.3 Å². The van der Waals surface area contributed by atoms with Crippen molar-refractivity contribution in [3.05, 3.63) is 64.4 Å². The summed E-state index contributed by atoms with van der Waals surface area (Å²) in [4.78, 5) is 28.6. The highest BCUT2D eigenvalue weighted by molar-refractivity contribution is 7.14. The first kappa shape index (κ1) is 17.4. The summed E-state index contributed by atoms with van der Waals surface area (Å²) in [5.41, 5.74) is 0.907. The molecular formula is C21H21NO2S. The number of carbonyl (C=O) groups is 2. The van der Waals surface area contributed by atoms with Crippen LogP contribution in [0.5, 0.6) is 0 Å². The monoisotopic (exact) mass is 351 g/mol. The second-order valence-corrected chi connectivity index (χ2v) is 7.26. The zero-order valence-corrected chi connectivity index (χ0v) is 15.3. The number of thiophene rings is 1. The Balaban J connectivity index is 1.76. The zero-order chi connectivity index (χ0) is 17.8. The largest absolute Gasteiger partial charge is 0.312 e. The Labute approximate surface area is 151 Å². The lowest BCUT2D eigenvalue weighted by Crippen LogP contribution is -2.31. The summed E-state index contributed by atoms with van der Waals surface area (Å²) in [5.74, 6) is 0.0286. The summed E-state index contributed by atoms with van der Waals surface area (Å²) in [6.45, 7) is 4.52. The van der Waals surface area contributed by atoms with Crippen molar-refractivity contribution >= 4 is 39.5 Å². The van der Waals surface area contributed by atoms with E-state index in [2.05, 4.69) is 0 Å². The van der Waals surface area contributed by atoms with Crippen LogP contribution in [0.2, 0.25) is 0 Å². The molecule has 0 bridgehead atoms. The van der Waals surface area contributed by atoms with E-state index in [1.807, 2.05) is 68.4 Å². The third kappa shape index (κ3) is 3.80. The molecule has 0 spiro atoms. The maximum absolute atomic E-state index is 12.7. The first-order valence-electron chi connectivity index (χ1n) is 8.48. The fraction of sp³-hybridized carbons (Fsp3) is 0.238. The van der Waals surface area contributed by atoms with Crippen molar-refractivity contribution in [3.63, 3.8) is 0 Å². The maximum atomic E-state index is 12.7. The molecule has 0 unspecified atom stereocenters. The number of Topliss-reactive ketones (excluding diaryl/α,β-unsaturated/α-hetero) is 1. The van der Waals surface area contributed by atoms with E-state index in [9.17, 15) is 9.59 Å². The Kier molecular flexibility index (Phi) is 5.29.